The van der Waals surface area contributed by atoms with Crippen LogP contribution in [0.4, 0.5) is 0 Å². The summed E-state index contributed by atoms with van der Waals surface area (Å²) in [5, 5.41) is 0.778. The fourth-order valence-corrected chi connectivity index (χ4v) is 0.778. The van der Waals surface area contributed by atoms with Gasteiger partial charge in [-0.2, -0.15) is 0 Å². The van der Waals surface area contributed by atoms with Gasteiger partial charge in [0, 0.05) is 17.7 Å². The third-order valence-electron chi connectivity index (χ3n) is 0.971. The molecule has 0 saturated carbocycles. The van der Waals surface area contributed by atoms with E-state index in [1.54, 1.807) is 12.4 Å². The van der Waals surface area contributed by atoms with Crippen LogP contribution in [0.15, 0.2) is 12.4 Å². The molecular formula is C6H8Br2N2. The Balaban J connectivity index is 0.000000810. The smallest absolute Gasteiger partial charge is 0.0692 e. The third kappa shape index (κ3) is 2.75. The first-order chi connectivity index (χ1) is 4.33. The average Bonchev–Trinajstić information content (AvgIpc) is 1.90. The molecule has 4 heteroatoms. The molecule has 0 N–H and O–H groups in total. The monoisotopic (exact) mass is 266 g/mol. The minimum atomic E-state index is 0. The van der Waals surface area contributed by atoms with Crippen molar-refractivity contribution < 1.29 is 0 Å². The van der Waals surface area contributed by atoms with Gasteiger partial charge in [-0.3, -0.25) is 9.97 Å². The number of hydrogen-bond donors (Lipinski definition) is 0. The number of rotatable bonds is 1. The van der Waals surface area contributed by atoms with Crippen LogP contribution >= 0.6 is 32.9 Å². The summed E-state index contributed by atoms with van der Waals surface area (Å²) in [6, 6.07) is 0. The summed E-state index contributed by atoms with van der Waals surface area (Å²) in [4.78, 5) is 8.14. The van der Waals surface area contributed by atoms with Gasteiger partial charge in [-0.05, 0) is 6.92 Å². The van der Waals surface area contributed by atoms with Gasteiger partial charge in [0.05, 0.1) is 11.4 Å². The van der Waals surface area contributed by atoms with Gasteiger partial charge in [-0.25, -0.2) is 0 Å². The zero-order chi connectivity index (χ0) is 6.69. The Kier molecular flexibility index (Phi) is 4.81. The van der Waals surface area contributed by atoms with E-state index < -0.39 is 0 Å². The van der Waals surface area contributed by atoms with Crippen molar-refractivity contribution >= 4 is 32.9 Å². The number of aryl methyl sites for hydroxylation is 1. The van der Waals surface area contributed by atoms with E-state index in [2.05, 4.69) is 25.9 Å². The molecule has 1 heterocycles. The lowest BCUT2D eigenvalue weighted by Gasteiger charge is -1.91. The molecule has 0 aromatic carbocycles. The number of halogens is 2. The van der Waals surface area contributed by atoms with Gasteiger partial charge < -0.3 is 0 Å². The molecule has 0 aliphatic carbocycles. The predicted molar refractivity (Wildman–Crippen MR) is 49.7 cm³/mol. The second-order valence-electron chi connectivity index (χ2n) is 1.78. The summed E-state index contributed by atoms with van der Waals surface area (Å²) in [6.07, 6.45) is 3.53. The number of aromatic nitrogens is 2. The highest BCUT2D eigenvalue weighted by atomic mass is 79.9. The first kappa shape index (κ1) is 10.0. The van der Waals surface area contributed by atoms with Gasteiger partial charge in [0.2, 0.25) is 0 Å². The maximum Gasteiger partial charge on any atom is 0.0692 e. The van der Waals surface area contributed by atoms with Gasteiger partial charge in [0.1, 0.15) is 0 Å². The minimum Gasteiger partial charge on any atom is -0.258 e. The summed E-state index contributed by atoms with van der Waals surface area (Å²) in [5.41, 5.74) is 1.93. The quantitative estimate of drug-likeness (QED) is 0.730. The number of alkyl halides is 1. The molecule has 1 rings (SSSR count). The van der Waals surface area contributed by atoms with Crippen LogP contribution in [-0.4, -0.2) is 9.97 Å². The molecule has 0 spiro atoms. The zero-order valence-electron chi connectivity index (χ0n) is 5.54. The Morgan fingerprint density at radius 3 is 2.50 bits per heavy atom. The topological polar surface area (TPSA) is 25.8 Å². The van der Waals surface area contributed by atoms with Crippen LogP contribution < -0.4 is 0 Å². The maximum absolute atomic E-state index is 4.09. The van der Waals surface area contributed by atoms with Gasteiger partial charge in [-0.1, -0.05) is 15.9 Å². The van der Waals surface area contributed by atoms with Crippen molar-refractivity contribution in [3.05, 3.63) is 23.8 Å². The van der Waals surface area contributed by atoms with Crippen molar-refractivity contribution in [3.63, 3.8) is 0 Å². The van der Waals surface area contributed by atoms with Crippen LogP contribution in [0, 0.1) is 6.92 Å². The molecule has 56 valence electrons. The molecule has 0 fully saturated rings. The van der Waals surface area contributed by atoms with Crippen LogP contribution in [0.1, 0.15) is 11.4 Å². The van der Waals surface area contributed by atoms with Crippen molar-refractivity contribution in [1.29, 1.82) is 0 Å². The minimum absolute atomic E-state index is 0. The van der Waals surface area contributed by atoms with Gasteiger partial charge in [-0.15, -0.1) is 17.0 Å². The summed E-state index contributed by atoms with van der Waals surface area (Å²) >= 11 is 3.28. The van der Waals surface area contributed by atoms with Crippen molar-refractivity contribution in [2.75, 3.05) is 0 Å². The van der Waals surface area contributed by atoms with E-state index in [1.807, 2.05) is 6.92 Å². The second kappa shape index (κ2) is 4.79. The fraction of sp³-hybridized carbons (Fsp3) is 0.333. The highest BCUT2D eigenvalue weighted by Crippen LogP contribution is 1.98. The summed E-state index contributed by atoms with van der Waals surface area (Å²) in [6.45, 7) is 1.92. The molecule has 0 unspecified atom stereocenters. The molecule has 2 nitrogen and oxygen atoms in total. The van der Waals surface area contributed by atoms with Crippen LogP contribution in [0.3, 0.4) is 0 Å². The van der Waals surface area contributed by atoms with Crippen molar-refractivity contribution in [2.45, 2.75) is 12.3 Å². The van der Waals surface area contributed by atoms with Crippen LogP contribution in [0.5, 0.6) is 0 Å². The van der Waals surface area contributed by atoms with E-state index in [0.29, 0.717) is 0 Å². The van der Waals surface area contributed by atoms with Crippen molar-refractivity contribution in [2.24, 2.45) is 0 Å². The summed E-state index contributed by atoms with van der Waals surface area (Å²) in [7, 11) is 0. The lowest BCUT2D eigenvalue weighted by molar-refractivity contribution is 1.05. The highest BCUT2D eigenvalue weighted by molar-refractivity contribution is 9.08. The summed E-state index contributed by atoms with van der Waals surface area (Å²) < 4.78 is 0. The first-order valence-electron chi connectivity index (χ1n) is 2.66. The second-order valence-corrected chi connectivity index (χ2v) is 2.34. The molecule has 0 bridgehead atoms. The Morgan fingerprint density at radius 2 is 2.10 bits per heavy atom. The Bertz CT molecular complexity index is 185. The van der Waals surface area contributed by atoms with E-state index in [9.17, 15) is 0 Å². The Morgan fingerprint density at radius 1 is 1.40 bits per heavy atom. The third-order valence-corrected chi connectivity index (χ3v) is 1.55. The van der Waals surface area contributed by atoms with E-state index in [0.717, 1.165) is 16.7 Å². The summed E-state index contributed by atoms with van der Waals surface area (Å²) in [5.74, 6) is 0. The highest BCUT2D eigenvalue weighted by Gasteiger charge is 1.88. The Labute approximate surface area is 79.0 Å². The van der Waals surface area contributed by atoms with Crippen LogP contribution in [0.2, 0.25) is 0 Å². The molecule has 10 heavy (non-hydrogen) atoms. The van der Waals surface area contributed by atoms with E-state index in [4.69, 9.17) is 0 Å². The zero-order valence-corrected chi connectivity index (χ0v) is 8.84. The SMILES string of the molecule is Br.Cc1cnc(CBr)cn1. The standard InChI is InChI=1S/C6H7BrN2.BrH/c1-5-3-9-6(2-7)4-8-5;/h3-4H,2H2,1H3;1H. The van der Waals surface area contributed by atoms with Gasteiger partial charge in [0.15, 0.2) is 0 Å². The molecular weight excluding hydrogens is 260 g/mol. The van der Waals surface area contributed by atoms with Crippen molar-refractivity contribution in [3.8, 4) is 0 Å². The molecule has 0 saturated heterocycles. The number of nitrogens with zero attached hydrogens (tertiary/aromatic N) is 2. The van der Waals surface area contributed by atoms with Crippen molar-refractivity contribution in [1.82, 2.24) is 9.97 Å². The molecule has 0 aliphatic rings. The molecule has 0 amide bonds. The van der Waals surface area contributed by atoms with E-state index >= 15 is 0 Å². The average molecular weight is 268 g/mol. The molecule has 1 aromatic heterocycles. The molecule has 0 atom stereocenters. The van der Waals surface area contributed by atoms with Gasteiger partial charge >= 0.3 is 0 Å². The van der Waals surface area contributed by atoms with E-state index in [1.165, 1.54) is 0 Å². The molecule has 0 aliphatic heterocycles. The lowest BCUT2D eigenvalue weighted by Crippen LogP contribution is -1.87. The Hall–Kier alpha value is 0.0400. The maximum atomic E-state index is 4.09. The molecule has 0 radical (unpaired) electrons. The van der Waals surface area contributed by atoms with E-state index in [-0.39, 0.29) is 17.0 Å². The first-order valence-corrected chi connectivity index (χ1v) is 3.78. The van der Waals surface area contributed by atoms with Gasteiger partial charge in [0.25, 0.3) is 0 Å². The molecule has 1 aromatic rings. The fourth-order valence-electron chi connectivity index (χ4n) is 0.488. The number of hydrogen-bond acceptors (Lipinski definition) is 2. The normalized spacial score (nSPS) is 8.60. The van der Waals surface area contributed by atoms with Crippen LogP contribution in [0.25, 0.3) is 0 Å². The predicted octanol–water partition coefficient (Wildman–Crippen LogP) is 2.26. The van der Waals surface area contributed by atoms with Crippen LogP contribution in [-0.2, 0) is 5.33 Å². The largest absolute Gasteiger partial charge is 0.258 e. The lowest BCUT2D eigenvalue weighted by atomic mass is 10.4.